The van der Waals surface area contributed by atoms with Crippen LogP contribution in [0, 0.1) is 6.92 Å². The molecule has 0 aliphatic heterocycles. The Morgan fingerprint density at radius 1 is 1.10 bits per heavy atom. The number of carbonyl (C=O) groups is 1. The number of amides is 1. The Kier molecular flexibility index (Phi) is 4.53. The van der Waals surface area contributed by atoms with Gasteiger partial charge in [0.2, 0.25) is 5.91 Å². The van der Waals surface area contributed by atoms with Crippen molar-refractivity contribution in [2.45, 2.75) is 19.9 Å². The van der Waals surface area contributed by atoms with E-state index in [0.29, 0.717) is 13.0 Å². The third-order valence-corrected chi connectivity index (χ3v) is 3.38. The van der Waals surface area contributed by atoms with Gasteiger partial charge < -0.3 is 10.6 Å². The number of hydrogen-bond donors (Lipinski definition) is 1. The fourth-order valence-electron chi connectivity index (χ4n) is 2.07. The number of likely N-dealkylation sites (N-methyl/N-ethyl adjacent to an activating group) is 1. The maximum Gasteiger partial charge on any atom is 0.231 e. The summed E-state index contributed by atoms with van der Waals surface area (Å²) in [7, 11) is 1.81. The summed E-state index contributed by atoms with van der Waals surface area (Å²) in [5, 5.41) is 0. The predicted octanol–water partition coefficient (Wildman–Crippen LogP) is 2.66. The average molecular weight is 268 g/mol. The molecule has 104 valence electrons. The molecule has 3 nitrogen and oxygen atoms in total. The van der Waals surface area contributed by atoms with Gasteiger partial charge in [-0.05, 0) is 35.7 Å². The topological polar surface area (TPSA) is 46.3 Å². The molecule has 2 rings (SSSR count). The summed E-state index contributed by atoms with van der Waals surface area (Å²) in [6, 6.07) is 15.8. The van der Waals surface area contributed by atoms with Gasteiger partial charge >= 0.3 is 0 Å². The number of anilines is 1. The first-order valence-corrected chi connectivity index (χ1v) is 6.71. The molecule has 0 saturated carbocycles. The molecular formula is C17H20N2O. The normalized spacial score (nSPS) is 10.3. The van der Waals surface area contributed by atoms with Crippen LogP contribution in [0.3, 0.4) is 0 Å². The lowest BCUT2D eigenvalue weighted by atomic mass is 10.1. The summed E-state index contributed by atoms with van der Waals surface area (Å²) < 4.78 is 0. The highest BCUT2D eigenvalue weighted by Gasteiger charge is 2.11. The van der Waals surface area contributed by atoms with E-state index >= 15 is 0 Å². The van der Waals surface area contributed by atoms with Crippen LogP contribution in [-0.4, -0.2) is 13.0 Å². The highest BCUT2D eigenvalue weighted by atomic mass is 16.2. The average Bonchev–Trinajstić information content (AvgIpc) is 2.47. The van der Waals surface area contributed by atoms with Gasteiger partial charge in [-0.1, -0.05) is 36.4 Å². The van der Waals surface area contributed by atoms with Crippen molar-refractivity contribution in [1.82, 2.24) is 0 Å². The molecule has 3 heteroatoms. The lowest BCUT2D eigenvalue weighted by Crippen LogP contribution is -2.27. The number of carbonyl (C=O) groups excluding carboxylic acids is 1. The monoisotopic (exact) mass is 268 g/mol. The van der Waals surface area contributed by atoms with Crippen molar-refractivity contribution < 1.29 is 4.79 Å². The van der Waals surface area contributed by atoms with Crippen molar-refractivity contribution in [1.29, 1.82) is 0 Å². The standard InChI is InChI=1S/C17H20N2O/c1-13-4-3-5-16(10-13)19(2)17(20)11-14-6-8-15(12-18)9-7-14/h3-10H,11-12,18H2,1-2H3. The summed E-state index contributed by atoms with van der Waals surface area (Å²) in [6.07, 6.45) is 0.398. The number of rotatable bonds is 4. The minimum absolute atomic E-state index is 0.0797. The summed E-state index contributed by atoms with van der Waals surface area (Å²) in [4.78, 5) is 14.0. The summed E-state index contributed by atoms with van der Waals surface area (Å²) in [5.74, 6) is 0.0797. The zero-order valence-corrected chi connectivity index (χ0v) is 12.0. The molecule has 1 amide bonds. The van der Waals surface area contributed by atoms with Gasteiger partial charge in [-0.25, -0.2) is 0 Å². The van der Waals surface area contributed by atoms with Crippen molar-refractivity contribution in [3.63, 3.8) is 0 Å². The number of nitrogens with two attached hydrogens (primary N) is 1. The second-order valence-electron chi connectivity index (χ2n) is 4.99. The van der Waals surface area contributed by atoms with E-state index in [1.165, 1.54) is 0 Å². The van der Waals surface area contributed by atoms with E-state index in [1.807, 2.05) is 62.5 Å². The molecule has 0 aromatic heterocycles. The second-order valence-corrected chi connectivity index (χ2v) is 4.99. The van der Waals surface area contributed by atoms with Crippen LogP contribution < -0.4 is 10.6 Å². The first-order valence-electron chi connectivity index (χ1n) is 6.71. The molecule has 0 atom stereocenters. The molecule has 0 spiro atoms. The van der Waals surface area contributed by atoms with Crippen LogP contribution in [0.25, 0.3) is 0 Å². The first-order chi connectivity index (χ1) is 9.60. The Balaban J connectivity index is 2.07. The molecule has 2 aromatic carbocycles. The van der Waals surface area contributed by atoms with Gasteiger partial charge in [0, 0.05) is 19.3 Å². The minimum Gasteiger partial charge on any atom is -0.326 e. The molecule has 0 unspecified atom stereocenters. The van der Waals surface area contributed by atoms with Gasteiger partial charge in [-0.3, -0.25) is 4.79 Å². The van der Waals surface area contributed by atoms with E-state index < -0.39 is 0 Å². The minimum atomic E-state index is 0.0797. The maximum atomic E-state index is 12.3. The Morgan fingerprint density at radius 3 is 2.35 bits per heavy atom. The van der Waals surface area contributed by atoms with Crippen molar-refractivity contribution in [2.75, 3.05) is 11.9 Å². The van der Waals surface area contributed by atoms with E-state index in [2.05, 4.69) is 0 Å². The number of nitrogens with zero attached hydrogens (tertiary/aromatic N) is 1. The van der Waals surface area contributed by atoms with Crippen LogP contribution in [0.1, 0.15) is 16.7 Å². The predicted molar refractivity (Wildman–Crippen MR) is 82.6 cm³/mol. The lowest BCUT2D eigenvalue weighted by Gasteiger charge is -2.18. The number of benzene rings is 2. The molecular weight excluding hydrogens is 248 g/mol. The van der Waals surface area contributed by atoms with E-state index in [1.54, 1.807) is 4.90 Å². The summed E-state index contributed by atoms with van der Waals surface area (Å²) in [6.45, 7) is 2.55. The van der Waals surface area contributed by atoms with Crippen molar-refractivity contribution in [2.24, 2.45) is 5.73 Å². The maximum absolute atomic E-state index is 12.3. The van der Waals surface area contributed by atoms with Crippen LogP contribution in [0.2, 0.25) is 0 Å². The van der Waals surface area contributed by atoms with E-state index in [0.717, 1.165) is 22.4 Å². The van der Waals surface area contributed by atoms with Crippen molar-refractivity contribution >= 4 is 11.6 Å². The Morgan fingerprint density at radius 2 is 1.75 bits per heavy atom. The van der Waals surface area contributed by atoms with Crippen molar-refractivity contribution in [3.05, 3.63) is 65.2 Å². The smallest absolute Gasteiger partial charge is 0.231 e. The van der Waals surface area contributed by atoms with Gasteiger partial charge in [0.25, 0.3) is 0 Å². The van der Waals surface area contributed by atoms with Crippen LogP contribution in [-0.2, 0) is 17.8 Å². The van der Waals surface area contributed by atoms with Gasteiger partial charge in [0.15, 0.2) is 0 Å². The quantitative estimate of drug-likeness (QED) is 0.926. The zero-order chi connectivity index (χ0) is 14.5. The molecule has 0 aliphatic carbocycles. The highest BCUT2D eigenvalue weighted by molar-refractivity contribution is 5.94. The molecule has 0 aliphatic rings. The Bertz CT molecular complexity index is 590. The molecule has 0 heterocycles. The second kappa shape index (κ2) is 6.35. The van der Waals surface area contributed by atoms with Crippen LogP contribution in [0.15, 0.2) is 48.5 Å². The third kappa shape index (κ3) is 3.45. The molecule has 0 saturated heterocycles. The fourth-order valence-corrected chi connectivity index (χ4v) is 2.07. The molecule has 20 heavy (non-hydrogen) atoms. The van der Waals surface area contributed by atoms with Gasteiger partial charge in [0.05, 0.1) is 6.42 Å². The van der Waals surface area contributed by atoms with Gasteiger partial charge in [-0.15, -0.1) is 0 Å². The van der Waals surface area contributed by atoms with Gasteiger partial charge in [-0.2, -0.15) is 0 Å². The summed E-state index contributed by atoms with van der Waals surface area (Å²) >= 11 is 0. The zero-order valence-electron chi connectivity index (χ0n) is 12.0. The van der Waals surface area contributed by atoms with Crippen LogP contribution in [0.5, 0.6) is 0 Å². The molecule has 0 radical (unpaired) electrons. The van der Waals surface area contributed by atoms with Gasteiger partial charge in [0.1, 0.15) is 0 Å². The molecule has 2 aromatic rings. The number of aryl methyl sites for hydroxylation is 1. The Hall–Kier alpha value is -2.13. The van der Waals surface area contributed by atoms with Crippen LogP contribution >= 0.6 is 0 Å². The Labute approximate surface area is 120 Å². The first kappa shape index (κ1) is 14.3. The van der Waals surface area contributed by atoms with E-state index in [9.17, 15) is 4.79 Å². The number of hydrogen-bond acceptors (Lipinski definition) is 2. The SMILES string of the molecule is Cc1cccc(N(C)C(=O)Cc2ccc(CN)cc2)c1. The van der Waals surface area contributed by atoms with E-state index in [4.69, 9.17) is 5.73 Å². The molecule has 2 N–H and O–H groups in total. The molecule has 0 fully saturated rings. The third-order valence-electron chi connectivity index (χ3n) is 3.38. The van der Waals surface area contributed by atoms with Crippen molar-refractivity contribution in [3.8, 4) is 0 Å². The van der Waals surface area contributed by atoms with E-state index in [-0.39, 0.29) is 5.91 Å². The fraction of sp³-hybridized carbons (Fsp3) is 0.235. The lowest BCUT2D eigenvalue weighted by molar-refractivity contribution is -0.117. The molecule has 0 bridgehead atoms. The summed E-state index contributed by atoms with van der Waals surface area (Å²) in [5.41, 5.74) is 9.72. The highest BCUT2D eigenvalue weighted by Crippen LogP contribution is 2.16. The van der Waals surface area contributed by atoms with Crippen LogP contribution in [0.4, 0.5) is 5.69 Å². The largest absolute Gasteiger partial charge is 0.326 e.